The first-order valence-electron chi connectivity index (χ1n) is 7.83. The molecule has 6 heteroatoms. The van der Waals surface area contributed by atoms with Crippen LogP contribution in [0.5, 0.6) is 5.75 Å². The highest BCUT2D eigenvalue weighted by Gasteiger charge is 2.15. The lowest BCUT2D eigenvalue weighted by Crippen LogP contribution is -1.99. The molecule has 0 saturated heterocycles. The number of ether oxygens (including phenoxy) is 1. The van der Waals surface area contributed by atoms with Crippen LogP contribution in [0.25, 0.3) is 11.1 Å². The summed E-state index contributed by atoms with van der Waals surface area (Å²) in [5, 5.41) is 20.3. The van der Waals surface area contributed by atoms with Gasteiger partial charge in [0.15, 0.2) is 0 Å². The van der Waals surface area contributed by atoms with Crippen LogP contribution in [0.4, 0.5) is 5.69 Å². The molecule has 0 aliphatic carbocycles. The van der Waals surface area contributed by atoms with Crippen molar-refractivity contribution < 1.29 is 19.6 Å². The molecule has 0 atom stereocenters. The molecule has 3 aromatic carbocycles. The molecule has 0 spiro atoms. The summed E-state index contributed by atoms with van der Waals surface area (Å²) < 4.78 is 5.76. The Morgan fingerprint density at radius 3 is 2.42 bits per heavy atom. The minimum absolute atomic E-state index is 0.134. The zero-order chi connectivity index (χ0) is 18.5. The number of carboxylic acids is 1. The van der Waals surface area contributed by atoms with E-state index in [9.17, 15) is 20.0 Å². The zero-order valence-corrected chi connectivity index (χ0v) is 13.7. The molecule has 3 rings (SSSR count). The number of carbonyl (C=O) groups is 1. The molecule has 26 heavy (non-hydrogen) atoms. The number of hydrogen-bond donors (Lipinski definition) is 1. The maximum Gasteiger partial charge on any atom is 0.335 e. The number of nitro groups is 1. The summed E-state index contributed by atoms with van der Waals surface area (Å²) in [6.45, 7) is 0.388. The highest BCUT2D eigenvalue weighted by molar-refractivity contribution is 5.90. The minimum Gasteiger partial charge on any atom is -0.489 e. The number of aromatic carboxylic acids is 1. The van der Waals surface area contributed by atoms with Gasteiger partial charge in [-0.2, -0.15) is 0 Å². The maximum absolute atomic E-state index is 11.2. The zero-order valence-electron chi connectivity index (χ0n) is 13.7. The van der Waals surface area contributed by atoms with Gasteiger partial charge in [0, 0.05) is 12.1 Å². The van der Waals surface area contributed by atoms with Gasteiger partial charge in [0.1, 0.15) is 12.4 Å². The van der Waals surface area contributed by atoms with Crippen LogP contribution in [-0.4, -0.2) is 16.0 Å². The van der Waals surface area contributed by atoms with Crippen molar-refractivity contribution in [2.45, 2.75) is 6.61 Å². The van der Waals surface area contributed by atoms with Crippen LogP contribution in [0.3, 0.4) is 0 Å². The Balaban J connectivity index is 1.90. The third-order valence-electron chi connectivity index (χ3n) is 3.79. The summed E-state index contributed by atoms with van der Waals surface area (Å²) in [4.78, 5) is 21.7. The lowest BCUT2D eigenvalue weighted by atomic mass is 10.0. The van der Waals surface area contributed by atoms with E-state index in [0.29, 0.717) is 23.5 Å². The molecule has 0 aliphatic heterocycles. The van der Waals surface area contributed by atoms with Crippen molar-refractivity contribution in [3.63, 3.8) is 0 Å². The van der Waals surface area contributed by atoms with Crippen molar-refractivity contribution in [1.29, 1.82) is 0 Å². The van der Waals surface area contributed by atoms with Crippen LogP contribution in [-0.2, 0) is 6.61 Å². The van der Waals surface area contributed by atoms with E-state index < -0.39 is 10.9 Å². The van der Waals surface area contributed by atoms with Gasteiger partial charge in [-0.25, -0.2) is 4.79 Å². The standard InChI is InChI=1S/C20H15NO5/c22-20(23)17-9-16(10-18(11-17)21(24)25)15-7-4-8-19(12-15)26-13-14-5-2-1-3-6-14/h1-12H,13H2,(H,22,23). The molecule has 0 radical (unpaired) electrons. The number of nitrogens with zero attached hydrogens (tertiary/aromatic N) is 1. The molecule has 130 valence electrons. The first-order valence-corrected chi connectivity index (χ1v) is 7.83. The molecule has 0 unspecified atom stereocenters. The van der Waals surface area contributed by atoms with Crippen LogP contribution in [0.2, 0.25) is 0 Å². The number of benzene rings is 3. The molecular formula is C20H15NO5. The maximum atomic E-state index is 11.2. The number of hydrogen-bond acceptors (Lipinski definition) is 4. The molecule has 0 aliphatic rings. The predicted octanol–water partition coefficient (Wildman–Crippen LogP) is 4.54. The molecule has 0 aromatic heterocycles. The summed E-state index contributed by atoms with van der Waals surface area (Å²) >= 11 is 0. The molecule has 0 amide bonds. The quantitative estimate of drug-likeness (QED) is 0.521. The van der Waals surface area contributed by atoms with Gasteiger partial charge in [-0.15, -0.1) is 0 Å². The Kier molecular flexibility index (Phi) is 4.94. The highest BCUT2D eigenvalue weighted by atomic mass is 16.6. The van der Waals surface area contributed by atoms with Gasteiger partial charge in [0.05, 0.1) is 10.5 Å². The molecule has 1 N–H and O–H groups in total. The van der Waals surface area contributed by atoms with E-state index in [1.807, 2.05) is 30.3 Å². The van der Waals surface area contributed by atoms with Crippen molar-refractivity contribution in [3.05, 3.63) is 94.0 Å². The van der Waals surface area contributed by atoms with E-state index in [0.717, 1.165) is 11.6 Å². The monoisotopic (exact) mass is 349 g/mol. The second kappa shape index (κ2) is 7.48. The van der Waals surface area contributed by atoms with Crippen molar-refractivity contribution in [2.24, 2.45) is 0 Å². The van der Waals surface area contributed by atoms with Crippen LogP contribution < -0.4 is 4.74 Å². The average Bonchev–Trinajstić information content (AvgIpc) is 2.67. The van der Waals surface area contributed by atoms with Gasteiger partial charge in [0.25, 0.3) is 5.69 Å². The van der Waals surface area contributed by atoms with E-state index in [-0.39, 0.29) is 11.3 Å². The second-order valence-corrected chi connectivity index (χ2v) is 5.63. The predicted molar refractivity (Wildman–Crippen MR) is 96.3 cm³/mol. The molecule has 0 fully saturated rings. The van der Waals surface area contributed by atoms with Gasteiger partial charge in [-0.3, -0.25) is 10.1 Å². The van der Waals surface area contributed by atoms with Crippen molar-refractivity contribution >= 4 is 11.7 Å². The van der Waals surface area contributed by atoms with Gasteiger partial charge < -0.3 is 9.84 Å². The fourth-order valence-electron chi connectivity index (χ4n) is 2.51. The SMILES string of the molecule is O=C(O)c1cc(-c2cccc(OCc3ccccc3)c2)cc([N+](=O)[O-])c1. The Morgan fingerprint density at radius 1 is 0.962 bits per heavy atom. The van der Waals surface area contributed by atoms with Crippen LogP contribution in [0.15, 0.2) is 72.8 Å². The van der Waals surface area contributed by atoms with E-state index in [1.54, 1.807) is 24.3 Å². The number of non-ortho nitro benzene ring substituents is 1. The van der Waals surface area contributed by atoms with Crippen molar-refractivity contribution in [1.82, 2.24) is 0 Å². The molecule has 0 saturated carbocycles. The second-order valence-electron chi connectivity index (χ2n) is 5.63. The van der Waals surface area contributed by atoms with Gasteiger partial charge >= 0.3 is 5.97 Å². The van der Waals surface area contributed by atoms with Gasteiger partial charge in [-0.1, -0.05) is 42.5 Å². The fourth-order valence-corrected chi connectivity index (χ4v) is 2.51. The first-order chi connectivity index (χ1) is 12.5. The van der Waals surface area contributed by atoms with Crippen LogP contribution in [0.1, 0.15) is 15.9 Å². The van der Waals surface area contributed by atoms with E-state index in [2.05, 4.69) is 0 Å². The molecule has 0 heterocycles. The molecular weight excluding hydrogens is 334 g/mol. The van der Waals surface area contributed by atoms with Crippen molar-refractivity contribution in [3.8, 4) is 16.9 Å². The number of rotatable bonds is 6. The van der Waals surface area contributed by atoms with Crippen LogP contribution in [0, 0.1) is 10.1 Å². The van der Waals surface area contributed by atoms with E-state index in [1.165, 1.54) is 12.1 Å². The normalized spacial score (nSPS) is 10.3. The lowest BCUT2D eigenvalue weighted by molar-refractivity contribution is -0.384. The molecule has 0 bridgehead atoms. The van der Waals surface area contributed by atoms with Gasteiger partial charge in [0.2, 0.25) is 0 Å². The Labute approximate surface area is 149 Å². The topological polar surface area (TPSA) is 89.7 Å². The summed E-state index contributed by atoms with van der Waals surface area (Å²) in [6.07, 6.45) is 0. The first kappa shape index (κ1) is 17.2. The van der Waals surface area contributed by atoms with Gasteiger partial charge in [-0.05, 0) is 34.9 Å². The summed E-state index contributed by atoms with van der Waals surface area (Å²) in [7, 11) is 0. The summed E-state index contributed by atoms with van der Waals surface area (Å²) in [5.74, 6) is -0.624. The van der Waals surface area contributed by atoms with E-state index in [4.69, 9.17) is 4.74 Å². The Bertz CT molecular complexity index is 921. The van der Waals surface area contributed by atoms with Crippen LogP contribution >= 0.6 is 0 Å². The van der Waals surface area contributed by atoms with Crippen molar-refractivity contribution in [2.75, 3.05) is 0 Å². The lowest BCUT2D eigenvalue weighted by Gasteiger charge is -2.09. The minimum atomic E-state index is -1.22. The molecule has 3 aromatic rings. The van der Waals surface area contributed by atoms with E-state index >= 15 is 0 Å². The smallest absolute Gasteiger partial charge is 0.335 e. The summed E-state index contributed by atoms with van der Waals surface area (Å²) in [5.41, 5.74) is 1.70. The highest BCUT2D eigenvalue weighted by Crippen LogP contribution is 2.29. The average molecular weight is 349 g/mol. The Morgan fingerprint density at radius 2 is 1.73 bits per heavy atom. The Hall–Kier alpha value is -3.67. The number of nitro benzene ring substituents is 1. The largest absolute Gasteiger partial charge is 0.489 e. The summed E-state index contributed by atoms with van der Waals surface area (Å²) in [6, 6.07) is 20.5. The fraction of sp³-hybridized carbons (Fsp3) is 0.0500. The number of carboxylic acid groups (broad SMARTS) is 1. The third-order valence-corrected chi connectivity index (χ3v) is 3.79. The molecule has 6 nitrogen and oxygen atoms in total. The third kappa shape index (κ3) is 4.05.